The van der Waals surface area contributed by atoms with Crippen LogP contribution in [0.5, 0.6) is 0 Å². The molecule has 8 heteroatoms. The molecule has 0 spiro atoms. The van der Waals surface area contributed by atoms with E-state index in [1.165, 1.54) is 15.6 Å². The van der Waals surface area contributed by atoms with Gasteiger partial charge in [-0.2, -0.15) is 4.31 Å². The molecule has 6 nitrogen and oxygen atoms in total. The summed E-state index contributed by atoms with van der Waals surface area (Å²) in [6, 6.07) is 0. The molecule has 0 saturated heterocycles. The number of thiazole rings is 1. The molecule has 19 heavy (non-hydrogen) atoms. The van der Waals surface area contributed by atoms with Crippen molar-refractivity contribution in [1.82, 2.24) is 14.4 Å². The van der Waals surface area contributed by atoms with Gasteiger partial charge in [-0.25, -0.2) is 13.4 Å². The Morgan fingerprint density at radius 1 is 1.42 bits per heavy atom. The molecule has 3 rings (SSSR count). The van der Waals surface area contributed by atoms with Crippen molar-refractivity contribution in [2.75, 3.05) is 6.54 Å². The molecule has 0 aliphatic carbocycles. The largest absolute Gasteiger partial charge is 0.360 e. The van der Waals surface area contributed by atoms with Gasteiger partial charge in [0.25, 0.3) is 0 Å². The first-order valence-electron chi connectivity index (χ1n) is 5.84. The van der Waals surface area contributed by atoms with Gasteiger partial charge < -0.3 is 4.52 Å². The third kappa shape index (κ3) is 1.99. The molecule has 0 N–H and O–H groups in total. The van der Waals surface area contributed by atoms with Gasteiger partial charge in [0.15, 0.2) is 5.76 Å². The molecule has 1 aliphatic heterocycles. The third-order valence-corrected chi connectivity index (χ3v) is 6.16. The Morgan fingerprint density at radius 3 is 2.89 bits per heavy atom. The average molecular weight is 299 g/mol. The lowest BCUT2D eigenvalue weighted by Crippen LogP contribution is -2.36. The molecule has 0 amide bonds. The minimum Gasteiger partial charge on any atom is -0.360 e. The van der Waals surface area contributed by atoms with Crippen LogP contribution < -0.4 is 0 Å². The van der Waals surface area contributed by atoms with Crippen molar-refractivity contribution in [1.29, 1.82) is 0 Å². The summed E-state index contributed by atoms with van der Waals surface area (Å²) in [5, 5.41) is 3.72. The fraction of sp³-hybridized carbons (Fsp3) is 0.455. The minimum atomic E-state index is -3.54. The van der Waals surface area contributed by atoms with Crippen LogP contribution in [0.15, 0.2) is 14.9 Å². The highest BCUT2D eigenvalue weighted by molar-refractivity contribution is 7.89. The summed E-state index contributed by atoms with van der Waals surface area (Å²) in [6.07, 6.45) is 0.654. The molecule has 2 aromatic rings. The lowest BCUT2D eigenvalue weighted by molar-refractivity contribution is 0.382. The maximum absolute atomic E-state index is 12.6. The van der Waals surface area contributed by atoms with Gasteiger partial charge in [-0.3, -0.25) is 0 Å². The SMILES string of the molecule is Cc1noc(C)c1S(=O)(=O)N1CCc2ncsc2C1. The fourth-order valence-electron chi connectivity index (χ4n) is 2.27. The maximum Gasteiger partial charge on any atom is 0.248 e. The molecule has 0 radical (unpaired) electrons. The monoisotopic (exact) mass is 299 g/mol. The Kier molecular flexibility index (Phi) is 2.95. The van der Waals surface area contributed by atoms with Crippen molar-refractivity contribution in [2.24, 2.45) is 0 Å². The fourth-order valence-corrected chi connectivity index (χ4v) is 4.88. The van der Waals surface area contributed by atoms with E-state index in [-0.39, 0.29) is 4.90 Å². The Balaban J connectivity index is 1.99. The van der Waals surface area contributed by atoms with E-state index in [1.807, 2.05) is 0 Å². The van der Waals surface area contributed by atoms with Crippen LogP contribution in [0.2, 0.25) is 0 Å². The van der Waals surface area contributed by atoms with Crippen molar-refractivity contribution in [3.8, 4) is 0 Å². The molecule has 1 aliphatic rings. The number of nitrogens with zero attached hydrogens (tertiary/aromatic N) is 3. The molecule has 0 atom stereocenters. The second-order valence-electron chi connectivity index (χ2n) is 4.46. The van der Waals surface area contributed by atoms with Gasteiger partial charge in [0, 0.05) is 17.8 Å². The van der Waals surface area contributed by atoms with Crippen LogP contribution in [0, 0.1) is 13.8 Å². The van der Waals surface area contributed by atoms with Gasteiger partial charge in [-0.05, 0) is 13.8 Å². The maximum atomic E-state index is 12.6. The Morgan fingerprint density at radius 2 is 2.21 bits per heavy atom. The first-order valence-corrected chi connectivity index (χ1v) is 8.16. The smallest absolute Gasteiger partial charge is 0.248 e. The Labute approximate surface area is 115 Å². The van der Waals surface area contributed by atoms with Crippen LogP contribution in [0.4, 0.5) is 0 Å². The molecule has 0 fully saturated rings. The highest BCUT2D eigenvalue weighted by atomic mass is 32.2. The summed E-state index contributed by atoms with van der Waals surface area (Å²) in [4.78, 5) is 5.45. The van der Waals surface area contributed by atoms with E-state index in [9.17, 15) is 8.42 Å². The van der Waals surface area contributed by atoms with E-state index < -0.39 is 10.0 Å². The van der Waals surface area contributed by atoms with Crippen LogP contribution in [-0.2, 0) is 23.0 Å². The van der Waals surface area contributed by atoms with E-state index in [1.54, 1.807) is 19.4 Å². The predicted octanol–water partition coefficient (Wildman–Crippen LogP) is 1.49. The van der Waals surface area contributed by atoms with E-state index in [0.717, 1.165) is 10.6 Å². The standard InChI is InChI=1S/C11H13N3O3S2/c1-7-11(8(2)17-13-7)19(15,16)14-4-3-9-10(5-14)18-6-12-9/h6H,3-5H2,1-2H3. The van der Waals surface area contributed by atoms with E-state index in [0.29, 0.717) is 31.0 Å². The molecule has 102 valence electrons. The number of hydrogen-bond donors (Lipinski definition) is 0. The third-order valence-electron chi connectivity index (χ3n) is 3.21. The van der Waals surface area contributed by atoms with Gasteiger partial charge in [-0.1, -0.05) is 5.16 Å². The van der Waals surface area contributed by atoms with Crippen LogP contribution >= 0.6 is 11.3 Å². The number of rotatable bonds is 2. The van der Waals surface area contributed by atoms with Crippen molar-refractivity contribution in [3.63, 3.8) is 0 Å². The zero-order chi connectivity index (χ0) is 13.6. The summed E-state index contributed by atoms with van der Waals surface area (Å²) >= 11 is 1.49. The van der Waals surface area contributed by atoms with E-state index >= 15 is 0 Å². The molecule has 0 bridgehead atoms. The van der Waals surface area contributed by atoms with Gasteiger partial charge in [-0.15, -0.1) is 11.3 Å². The summed E-state index contributed by atoms with van der Waals surface area (Å²) in [6.45, 7) is 4.09. The highest BCUT2D eigenvalue weighted by Crippen LogP contribution is 2.29. The molecular weight excluding hydrogens is 286 g/mol. The second kappa shape index (κ2) is 4.39. The van der Waals surface area contributed by atoms with E-state index in [2.05, 4.69) is 10.1 Å². The molecule has 3 heterocycles. The number of sulfonamides is 1. The van der Waals surface area contributed by atoms with Crippen LogP contribution in [-0.4, -0.2) is 29.4 Å². The number of aromatic nitrogens is 2. The van der Waals surface area contributed by atoms with Crippen LogP contribution in [0.3, 0.4) is 0 Å². The van der Waals surface area contributed by atoms with Crippen LogP contribution in [0.25, 0.3) is 0 Å². The van der Waals surface area contributed by atoms with Crippen molar-refractivity contribution in [3.05, 3.63) is 27.5 Å². The molecule has 0 unspecified atom stereocenters. The molecule has 2 aromatic heterocycles. The van der Waals surface area contributed by atoms with Crippen LogP contribution in [0.1, 0.15) is 22.0 Å². The van der Waals surface area contributed by atoms with Gasteiger partial charge in [0.2, 0.25) is 10.0 Å². The number of aryl methyl sites for hydroxylation is 2. The van der Waals surface area contributed by atoms with Gasteiger partial charge in [0.1, 0.15) is 10.6 Å². The van der Waals surface area contributed by atoms with Crippen molar-refractivity contribution in [2.45, 2.75) is 31.7 Å². The lowest BCUT2D eigenvalue weighted by atomic mass is 10.2. The number of fused-ring (bicyclic) bond motifs is 1. The summed E-state index contributed by atoms with van der Waals surface area (Å²) in [5.41, 5.74) is 3.18. The zero-order valence-corrected chi connectivity index (χ0v) is 12.2. The summed E-state index contributed by atoms with van der Waals surface area (Å²) in [5.74, 6) is 0.340. The van der Waals surface area contributed by atoms with Crippen molar-refractivity contribution >= 4 is 21.4 Å². The number of hydrogen-bond acceptors (Lipinski definition) is 6. The van der Waals surface area contributed by atoms with Gasteiger partial charge >= 0.3 is 0 Å². The summed E-state index contributed by atoms with van der Waals surface area (Å²) in [7, 11) is -3.54. The topological polar surface area (TPSA) is 76.3 Å². The minimum absolute atomic E-state index is 0.195. The summed E-state index contributed by atoms with van der Waals surface area (Å²) < 4.78 is 31.7. The average Bonchev–Trinajstić information content (AvgIpc) is 2.95. The highest BCUT2D eigenvalue weighted by Gasteiger charge is 2.33. The van der Waals surface area contributed by atoms with Crippen molar-refractivity contribution < 1.29 is 12.9 Å². The zero-order valence-electron chi connectivity index (χ0n) is 10.6. The molecular formula is C11H13N3O3S2. The Hall–Kier alpha value is -1.25. The van der Waals surface area contributed by atoms with Gasteiger partial charge in [0.05, 0.1) is 17.7 Å². The molecule has 0 aromatic carbocycles. The predicted molar refractivity (Wildman–Crippen MR) is 69.4 cm³/mol. The van der Waals surface area contributed by atoms with E-state index in [4.69, 9.17) is 4.52 Å². The second-order valence-corrected chi connectivity index (χ2v) is 7.28. The normalized spacial score (nSPS) is 16.5. The first-order chi connectivity index (χ1) is 9.00. The lowest BCUT2D eigenvalue weighted by Gasteiger charge is -2.25. The first kappa shape index (κ1) is 12.8. The molecule has 0 saturated carbocycles. The quantitative estimate of drug-likeness (QED) is 0.840. The Bertz CT molecular complexity index is 698.